The minimum atomic E-state index is -1.27. The van der Waals surface area contributed by atoms with E-state index in [9.17, 15) is 9.59 Å². The van der Waals surface area contributed by atoms with Gasteiger partial charge in [-0.1, -0.05) is 43.7 Å². The van der Waals surface area contributed by atoms with Crippen molar-refractivity contribution in [2.75, 3.05) is 0 Å². The van der Waals surface area contributed by atoms with Gasteiger partial charge in [-0.3, -0.25) is 9.59 Å². The first-order valence-electron chi connectivity index (χ1n) is 5.66. The molecular weight excluding hydrogens is 252 g/mol. The average Bonchev–Trinajstić information content (AvgIpc) is 2.29. The molecule has 0 aliphatic carbocycles. The highest BCUT2D eigenvalue weighted by molar-refractivity contribution is 6.03. The van der Waals surface area contributed by atoms with Crippen molar-refractivity contribution in [1.82, 2.24) is 0 Å². The second kappa shape index (κ2) is 7.01. The molecule has 5 heteroatoms. The first-order valence-corrected chi connectivity index (χ1v) is 5.66. The van der Waals surface area contributed by atoms with E-state index in [0.29, 0.717) is 12.8 Å². The van der Waals surface area contributed by atoms with E-state index in [1.54, 1.807) is 0 Å². The molecule has 1 rings (SSSR count). The molecule has 0 saturated heterocycles. The summed E-state index contributed by atoms with van der Waals surface area (Å²) >= 11 is 0. The minimum absolute atomic E-state index is 0. The molecule has 0 saturated carbocycles. The molecule has 4 N–H and O–H groups in total. The van der Waals surface area contributed by atoms with E-state index in [4.69, 9.17) is 11.5 Å². The van der Waals surface area contributed by atoms with Gasteiger partial charge in [-0.05, 0) is 18.4 Å². The summed E-state index contributed by atoms with van der Waals surface area (Å²) in [5.74, 6) is -1.29. The van der Waals surface area contributed by atoms with E-state index >= 15 is 0 Å². The average molecular weight is 271 g/mol. The molecule has 1 aromatic rings. The van der Waals surface area contributed by atoms with E-state index in [2.05, 4.69) is 0 Å². The minimum Gasteiger partial charge on any atom is -0.369 e. The Morgan fingerprint density at radius 3 is 2.00 bits per heavy atom. The van der Waals surface area contributed by atoms with Gasteiger partial charge in [-0.2, -0.15) is 0 Å². The molecule has 1 aromatic carbocycles. The maximum atomic E-state index is 11.6. The Kier molecular flexibility index (Phi) is 6.41. The zero-order valence-corrected chi connectivity index (χ0v) is 11.2. The fraction of sp³-hybridized carbons (Fsp3) is 0.385. The molecule has 0 aromatic heterocycles. The molecule has 0 unspecified atom stereocenters. The first kappa shape index (κ1) is 16.4. The molecule has 0 atom stereocenters. The molecular formula is C13H19ClN2O2. The smallest absolute Gasteiger partial charge is 0.233 e. The van der Waals surface area contributed by atoms with Gasteiger partial charge >= 0.3 is 0 Å². The SMILES string of the molecule is CCCC(Cc1ccccc1)(C(N)=O)C(N)=O.Cl. The van der Waals surface area contributed by atoms with Crippen LogP contribution < -0.4 is 11.5 Å². The Bertz CT molecular complexity index is 393. The molecule has 0 bridgehead atoms. The van der Waals surface area contributed by atoms with Gasteiger partial charge in [0.15, 0.2) is 0 Å². The lowest BCUT2D eigenvalue weighted by Gasteiger charge is -2.26. The van der Waals surface area contributed by atoms with Crippen LogP contribution in [0.4, 0.5) is 0 Å². The number of benzene rings is 1. The maximum Gasteiger partial charge on any atom is 0.233 e. The van der Waals surface area contributed by atoms with Gasteiger partial charge in [0.2, 0.25) is 11.8 Å². The Morgan fingerprint density at radius 1 is 1.11 bits per heavy atom. The second-order valence-corrected chi connectivity index (χ2v) is 4.22. The zero-order chi connectivity index (χ0) is 12.9. The van der Waals surface area contributed by atoms with Crippen LogP contribution in [-0.2, 0) is 16.0 Å². The van der Waals surface area contributed by atoms with Crippen molar-refractivity contribution < 1.29 is 9.59 Å². The largest absolute Gasteiger partial charge is 0.369 e. The summed E-state index contributed by atoms with van der Waals surface area (Å²) < 4.78 is 0. The molecule has 0 radical (unpaired) electrons. The van der Waals surface area contributed by atoms with Gasteiger partial charge < -0.3 is 11.5 Å². The van der Waals surface area contributed by atoms with Crippen molar-refractivity contribution >= 4 is 24.2 Å². The van der Waals surface area contributed by atoms with Crippen molar-refractivity contribution in [3.05, 3.63) is 35.9 Å². The van der Waals surface area contributed by atoms with Crippen LogP contribution in [0.15, 0.2) is 30.3 Å². The summed E-state index contributed by atoms with van der Waals surface area (Å²) in [6, 6.07) is 9.30. The molecule has 0 heterocycles. The van der Waals surface area contributed by atoms with Crippen LogP contribution in [0.25, 0.3) is 0 Å². The predicted molar refractivity (Wildman–Crippen MR) is 73.1 cm³/mol. The van der Waals surface area contributed by atoms with Crippen molar-refractivity contribution in [1.29, 1.82) is 0 Å². The number of amides is 2. The van der Waals surface area contributed by atoms with Crippen LogP contribution in [0, 0.1) is 5.41 Å². The summed E-state index contributed by atoms with van der Waals surface area (Å²) in [5, 5.41) is 0. The number of hydrogen-bond donors (Lipinski definition) is 2. The highest BCUT2D eigenvalue weighted by atomic mass is 35.5. The highest BCUT2D eigenvalue weighted by Crippen LogP contribution is 2.28. The van der Waals surface area contributed by atoms with E-state index in [1.165, 1.54) is 0 Å². The lowest BCUT2D eigenvalue weighted by atomic mass is 9.76. The topological polar surface area (TPSA) is 86.2 Å². The van der Waals surface area contributed by atoms with Crippen molar-refractivity contribution in [2.24, 2.45) is 16.9 Å². The standard InChI is InChI=1S/C13H18N2O2.ClH/c1-2-8-13(11(14)16,12(15)17)9-10-6-4-3-5-7-10;/h3-7H,2,8-9H2,1H3,(H2,14,16)(H2,15,17);1H. The number of carbonyl (C=O) groups is 2. The summed E-state index contributed by atoms with van der Waals surface area (Å²) in [6.07, 6.45) is 1.33. The van der Waals surface area contributed by atoms with Gasteiger partial charge in [0, 0.05) is 0 Å². The van der Waals surface area contributed by atoms with E-state index in [0.717, 1.165) is 5.56 Å². The van der Waals surface area contributed by atoms with E-state index < -0.39 is 17.2 Å². The highest BCUT2D eigenvalue weighted by Gasteiger charge is 2.41. The van der Waals surface area contributed by atoms with Crippen LogP contribution in [-0.4, -0.2) is 11.8 Å². The van der Waals surface area contributed by atoms with Crippen LogP contribution in [0.2, 0.25) is 0 Å². The number of hydrogen-bond acceptors (Lipinski definition) is 2. The zero-order valence-electron chi connectivity index (χ0n) is 10.4. The van der Waals surface area contributed by atoms with Gasteiger partial charge in [0.25, 0.3) is 0 Å². The predicted octanol–water partition coefficient (Wildman–Crippen LogP) is 1.41. The fourth-order valence-corrected chi connectivity index (χ4v) is 2.00. The van der Waals surface area contributed by atoms with Crippen LogP contribution in [0.5, 0.6) is 0 Å². The molecule has 0 fully saturated rings. The second-order valence-electron chi connectivity index (χ2n) is 4.22. The number of carbonyl (C=O) groups excluding carboxylic acids is 2. The molecule has 0 aliphatic rings. The van der Waals surface area contributed by atoms with E-state index in [-0.39, 0.29) is 18.8 Å². The van der Waals surface area contributed by atoms with Crippen LogP contribution in [0.1, 0.15) is 25.3 Å². The monoisotopic (exact) mass is 270 g/mol. The molecule has 2 amide bonds. The summed E-state index contributed by atoms with van der Waals surface area (Å²) in [4.78, 5) is 23.2. The van der Waals surface area contributed by atoms with Crippen LogP contribution >= 0.6 is 12.4 Å². The Hall–Kier alpha value is -1.55. The molecule has 18 heavy (non-hydrogen) atoms. The molecule has 100 valence electrons. The quantitative estimate of drug-likeness (QED) is 0.766. The summed E-state index contributed by atoms with van der Waals surface area (Å²) in [7, 11) is 0. The number of halogens is 1. The van der Waals surface area contributed by atoms with Gasteiger partial charge in [0.1, 0.15) is 5.41 Å². The normalized spacial score (nSPS) is 10.5. The third-order valence-electron chi connectivity index (χ3n) is 2.97. The van der Waals surface area contributed by atoms with Gasteiger partial charge in [-0.15, -0.1) is 12.4 Å². The Balaban J connectivity index is 0.00000289. The molecule has 4 nitrogen and oxygen atoms in total. The Labute approximate surface area is 113 Å². The number of rotatable bonds is 6. The third-order valence-corrected chi connectivity index (χ3v) is 2.97. The molecule has 0 aliphatic heterocycles. The first-order chi connectivity index (χ1) is 8.03. The molecule has 0 spiro atoms. The third kappa shape index (κ3) is 3.47. The van der Waals surface area contributed by atoms with E-state index in [1.807, 2.05) is 37.3 Å². The van der Waals surface area contributed by atoms with Crippen molar-refractivity contribution in [3.63, 3.8) is 0 Å². The number of nitrogens with two attached hydrogens (primary N) is 2. The maximum absolute atomic E-state index is 11.6. The summed E-state index contributed by atoms with van der Waals surface area (Å²) in [6.45, 7) is 1.89. The fourth-order valence-electron chi connectivity index (χ4n) is 2.00. The van der Waals surface area contributed by atoms with Gasteiger partial charge in [-0.25, -0.2) is 0 Å². The van der Waals surface area contributed by atoms with Crippen molar-refractivity contribution in [2.45, 2.75) is 26.2 Å². The van der Waals surface area contributed by atoms with Gasteiger partial charge in [0.05, 0.1) is 0 Å². The lowest BCUT2D eigenvalue weighted by molar-refractivity contribution is -0.140. The van der Waals surface area contributed by atoms with Crippen LogP contribution in [0.3, 0.4) is 0 Å². The Morgan fingerprint density at radius 2 is 1.61 bits per heavy atom. The summed E-state index contributed by atoms with van der Waals surface area (Å²) in [5.41, 5.74) is 10.4. The lowest BCUT2D eigenvalue weighted by Crippen LogP contribution is -2.49. The van der Waals surface area contributed by atoms with Crippen molar-refractivity contribution in [3.8, 4) is 0 Å². The number of primary amides is 2.